The summed E-state index contributed by atoms with van der Waals surface area (Å²) in [7, 11) is 0. The Labute approximate surface area is 151 Å². The first kappa shape index (κ1) is 18.3. The molecular formula is C19H13F3N2O3. The summed E-state index contributed by atoms with van der Waals surface area (Å²) >= 11 is 0. The minimum atomic E-state index is -4.44. The summed E-state index contributed by atoms with van der Waals surface area (Å²) in [6, 6.07) is 11.3. The predicted molar refractivity (Wildman–Crippen MR) is 91.8 cm³/mol. The molecule has 0 aliphatic heterocycles. The number of benzene rings is 2. The van der Waals surface area contributed by atoms with Crippen molar-refractivity contribution < 1.29 is 22.4 Å². The minimum Gasteiger partial charge on any atom is -0.408 e. The van der Waals surface area contributed by atoms with Crippen molar-refractivity contribution >= 4 is 17.0 Å². The fourth-order valence-corrected chi connectivity index (χ4v) is 2.43. The average Bonchev–Trinajstić information content (AvgIpc) is 2.94. The van der Waals surface area contributed by atoms with Crippen molar-refractivity contribution in [2.45, 2.75) is 12.7 Å². The molecule has 8 heteroatoms. The molecule has 0 atom stereocenters. The lowest BCUT2D eigenvalue weighted by atomic mass is 10.1. The van der Waals surface area contributed by atoms with Gasteiger partial charge < -0.3 is 9.73 Å². The van der Waals surface area contributed by atoms with E-state index < -0.39 is 23.4 Å². The molecule has 0 aliphatic carbocycles. The molecule has 0 fully saturated rings. The Morgan fingerprint density at radius 2 is 1.93 bits per heavy atom. The zero-order valence-corrected chi connectivity index (χ0v) is 13.8. The highest BCUT2D eigenvalue weighted by atomic mass is 19.4. The number of carbonyl (C=O) groups is 1. The Bertz CT molecular complexity index is 1100. The van der Waals surface area contributed by atoms with E-state index in [4.69, 9.17) is 4.42 Å². The number of carbonyl (C=O) groups excluding carboxylic acids is 1. The maximum Gasteiger partial charge on any atom is 0.420 e. The van der Waals surface area contributed by atoms with Crippen LogP contribution < -0.4 is 11.1 Å². The smallest absolute Gasteiger partial charge is 0.408 e. The third-order valence-corrected chi connectivity index (χ3v) is 3.67. The third kappa shape index (κ3) is 4.39. The van der Waals surface area contributed by atoms with Crippen LogP contribution in [-0.4, -0.2) is 17.0 Å². The van der Waals surface area contributed by atoms with Crippen molar-refractivity contribution in [3.63, 3.8) is 0 Å². The zero-order valence-electron chi connectivity index (χ0n) is 13.8. The normalized spacial score (nSPS) is 11.1. The summed E-state index contributed by atoms with van der Waals surface area (Å²) < 4.78 is 44.2. The van der Waals surface area contributed by atoms with Crippen LogP contribution in [0.4, 0.5) is 13.2 Å². The number of nitrogens with zero attached hydrogens (tertiary/aromatic N) is 1. The topological polar surface area (TPSA) is 64.2 Å². The van der Waals surface area contributed by atoms with Crippen LogP contribution in [0.1, 0.15) is 11.1 Å². The second-order valence-electron chi connectivity index (χ2n) is 5.58. The first-order valence-electron chi connectivity index (χ1n) is 7.86. The van der Waals surface area contributed by atoms with Crippen LogP contribution in [0.25, 0.3) is 11.1 Å². The standard InChI is InChI=1S/C19H13F3N2O3/c20-19(21,22)14-7-3-5-13(11-14)6-4-10-23-17(25)12-24-15-8-1-2-9-16(15)27-18(24)26/h1-3,5,7-9,11H,10,12H2,(H,23,25). The van der Waals surface area contributed by atoms with E-state index in [1.807, 2.05) is 0 Å². The molecule has 27 heavy (non-hydrogen) atoms. The number of para-hydroxylation sites is 2. The summed E-state index contributed by atoms with van der Waals surface area (Å²) in [6.07, 6.45) is -4.44. The van der Waals surface area contributed by atoms with Gasteiger partial charge in [0.25, 0.3) is 0 Å². The van der Waals surface area contributed by atoms with Crippen molar-refractivity contribution in [2.75, 3.05) is 6.54 Å². The van der Waals surface area contributed by atoms with Gasteiger partial charge in [-0.2, -0.15) is 13.2 Å². The number of alkyl halides is 3. The van der Waals surface area contributed by atoms with Crippen molar-refractivity contribution in [3.8, 4) is 11.8 Å². The predicted octanol–water partition coefficient (Wildman–Crippen LogP) is 2.78. The van der Waals surface area contributed by atoms with Gasteiger partial charge in [-0.1, -0.05) is 30.0 Å². The van der Waals surface area contributed by atoms with E-state index in [0.717, 1.165) is 12.1 Å². The molecule has 0 aliphatic rings. The first-order valence-corrected chi connectivity index (χ1v) is 7.86. The van der Waals surface area contributed by atoms with Crippen molar-refractivity contribution in [3.05, 3.63) is 70.2 Å². The van der Waals surface area contributed by atoms with Crippen LogP contribution >= 0.6 is 0 Å². The molecule has 1 aromatic heterocycles. The van der Waals surface area contributed by atoms with Gasteiger partial charge in [0.15, 0.2) is 5.58 Å². The second kappa shape index (κ2) is 7.41. The molecule has 0 bridgehead atoms. The fourth-order valence-electron chi connectivity index (χ4n) is 2.43. The molecule has 1 N–H and O–H groups in total. The minimum absolute atomic E-state index is 0.0698. The maximum absolute atomic E-state index is 12.6. The van der Waals surface area contributed by atoms with Crippen molar-refractivity contribution in [1.82, 2.24) is 9.88 Å². The van der Waals surface area contributed by atoms with Crippen molar-refractivity contribution in [1.29, 1.82) is 0 Å². The monoisotopic (exact) mass is 374 g/mol. The number of aromatic nitrogens is 1. The van der Waals surface area contributed by atoms with E-state index in [1.54, 1.807) is 24.3 Å². The molecule has 3 rings (SSSR count). The van der Waals surface area contributed by atoms with E-state index in [9.17, 15) is 22.8 Å². The van der Waals surface area contributed by atoms with E-state index in [0.29, 0.717) is 11.1 Å². The summed E-state index contributed by atoms with van der Waals surface area (Å²) in [4.78, 5) is 23.8. The average molecular weight is 374 g/mol. The Hall–Kier alpha value is -3.47. The van der Waals surface area contributed by atoms with E-state index in [2.05, 4.69) is 17.2 Å². The second-order valence-corrected chi connectivity index (χ2v) is 5.58. The zero-order chi connectivity index (χ0) is 19.4. The number of hydrogen-bond donors (Lipinski definition) is 1. The summed E-state index contributed by atoms with van der Waals surface area (Å²) in [5, 5.41) is 2.49. The van der Waals surface area contributed by atoms with Gasteiger partial charge in [-0.25, -0.2) is 4.79 Å². The van der Waals surface area contributed by atoms with Gasteiger partial charge in [0.1, 0.15) is 6.54 Å². The summed E-state index contributed by atoms with van der Waals surface area (Å²) in [5.41, 5.74) is 0.271. The lowest BCUT2D eigenvalue weighted by Gasteiger charge is -2.05. The van der Waals surface area contributed by atoms with E-state index in [1.165, 1.54) is 16.7 Å². The highest BCUT2D eigenvalue weighted by Gasteiger charge is 2.30. The Morgan fingerprint density at radius 3 is 2.70 bits per heavy atom. The highest BCUT2D eigenvalue weighted by Crippen LogP contribution is 2.29. The van der Waals surface area contributed by atoms with E-state index >= 15 is 0 Å². The van der Waals surface area contributed by atoms with Crippen LogP contribution in [0.2, 0.25) is 0 Å². The van der Waals surface area contributed by atoms with Crippen LogP contribution in [-0.2, 0) is 17.5 Å². The van der Waals surface area contributed by atoms with E-state index in [-0.39, 0.29) is 18.7 Å². The summed E-state index contributed by atoms with van der Waals surface area (Å²) in [5.74, 6) is 4.02. The molecule has 0 saturated carbocycles. The molecule has 2 aromatic carbocycles. The number of amides is 1. The summed E-state index contributed by atoms with van der Waals surface area (Å²) in [6.45, 7) is -0.319. The molecule has 1 heterocycles. The SMILES string of the molecule is O=C(Cn1c(=O)oc2ccccc21)NCC#Cc1cccc(C(F)(F)F)c1. The van der Waals surface area contributed by atoms with Gasteiger partial charge in [0.2, 0.25) is 5.91 Å². The lowest BCUT2D eigenvalue weighted by Crippen LogP contribution is -2.30. The molecule has 0 saturated heterocycles. The number of nitrogens with one attached hydrogen (secondary N) is 1. The van der Waals surface area contributed by atoms with Gasteiger partial charge >= 0.3 is 11.9 Å². The number of oxazole rings is 1. The quantitative estimate of drug-likeness (QED) is 0.717. The largest absolute Gasteiger partial charge is 0.420 e. The Balaban J connectivity index is 1.62. The van der Waals surface area contributed by atoms with Crippen LogP contribution in [0.15, 0.2) is 57.7 Å². The number of halogens is 3. The molecule has 0 radical (unpaired) electrons. The molecule has 138 valence electrons. The Kier molecular flexibility index (Phi) is 5.03. The maximum atomic E-state index is 12.6. The molecule has 0 spiro atoms. The van der Waals surface area contributed by atoms with Crippen LogP contribution in [0.3, 0.4) is 0 Å². The van der Waals surface area contributed by atoms with Gasteiger partial charge in [0.05, 0.1) is 17.6 Å². The molecule has 1 amide bonds. The number of hydrogen-bond acceptors (Lipinski definition) is 3. The van der Waals surface area contributed by atoms with Gasteiger partial charge in [0, 0.05) is 5.56 Å². The first-order chi connectivity index (χ1) is 12.8. The highest BCUT2D eigenvalue weighted by molar-refractivity contribution is 5.79. The molecular weight excluding hydrogens is 361 g/mol. The molecule has 3 aromatic rings. The van der Waals surface area contributed by atoms with Gasteiger partial charge in [-0.3, -0.25) is 9.36 Å². The third-order valence-electron chi connectivity index (χ3n) is 3.67. The number of rotatable bonds is 3. The Morgan fingerprint density at radius 1 is 1.15 bits per heavy atom. The fraction of sp³-hybridized carbons (Fsp3) is 0.158. The van der Waals surface area contributed by atoms with Gasteiger partial charge in [-0.05, 0) is 30.3 Å². The molecule has 0 unspecified atom stereocenters. The number of fused-ring (bicyclic) bond motifs is 1. The van der Waals surface area contributed by atoms with Crippen molar-refractivity contribution in [2.24, 2.45) is 0 Å². The van der Waals surface area contributed by atoms with Gasteiger partial charge in [-0.15, -0.1) is 0 Å². The van der Waals surface area contributed by atoms with Crippen LogP contribution in [0, 0.1) is 11.8 Å². The lowest BCUT2D eigenvalue weighted by molar-refractivity contribution is -0.137. The molecule has 5 nitrogen and oxygen atoms in total. The van der Waals surface area contributed by atoms with Crippen LogP contribution in [0.5, 0.6) is 0 Å².